The van der Waals surface area contributed by atoms with Gasteiger partial charge in [0.25, 0.3) is 0 Å². The Kier molecular flexibility index (Phi) is 4.07. The van der Waals surface area contributed by atoms with Gasteiger partial charge in [-0.1, -0.05) is 72.8 Å². The van der Waals surface area contributed by atoms with E-state index >= 15 is 0 Å². The highest BCUT2D eigenvalue weighted by Gasteiger charge is 2.45. The number of Topliss-reactive ketones (excluding diaryl/α,β-unsaturated/α-hetero) is 1. The molecule has 2 heteroatoms. The molecule has 0 spiro atoms. The first kappa shape index (κ1) is 15.2. The molecule has 1 aliphatic carbocycles. The Labute approximate surface area is 136 Å². The Morgan fingerprint density at radius 1 is 1.00 bits per heavy atom. The molecule has 0 fully saturated rings. The van der Waals surface area contributed by atoms with Crippen molar-refractivity contribution in [2.45, 2.75) is 18.8 Å². The fourth-order valence-corrected chi connectivity index (χ4v) is 3.12. The van der Waals surface area contributed by atoms with Crippen LogP contribution in [0.25, 0.3) is 12.2 Å². The van der Waals surface area contributed by atoms with E-state index in [1.807, 2.05) is 66.7 Å². The lowest BCUT2D eigenvalue weighted by molar-refractivity contribution is -0.131. The van der Waals surface area contributed by atoms with Gasteiger partial charge < -0.3 is 0 Å². The maximum atomic E-state index is 12.6. The summed E-state index contributed by atoms with van der Waals surface area (Å²) in [6.45, 7) is 1.50. The molecule has 0 bridgehead atoms. The van der Waals surface area contributed by atoms with Crippen LogP contribution in [0.2, 0.25) is 0 Å². The summed E-state index contributed by atoms with van der Waals surface area (Å²) >= 11 is 0. The lowest BCUT2D eigenvalue weighted by Gasteiger charge is -2.32. The molecule has 1 unspecified atom stereocenters. The smallest absolute Gasteiger partial charge is 0.173 e. The predicted octanol–water partition coefficient (Wildman–Crippen LogP) is 4.21. The fourth-order valence-electron chi connectivity index (χ4n) is 3.12. The standard InChI is InChI=1S/C21H18O2/c1-16(22)21(15-7-10-17-8-3-2-4-9-17)19-12-6-5-11-18(19)13-14-20(21)23/h2-14H,15H2,1H3/b10-7+. The second-order valence-corrected chi connectivity index (χ2v) is 5.76. The van der Waals surface area contributed by atoms with Gasteiger partial charge in [0, 0.05) is 0 Å². The summed E-state index contributed by atoms with van der Waals surface area (Å²) in [7, 11) is 0. The van der Waals surface area contributed by atoms with Gasteiger partial charge in [0.2, 0.25) is 0 Å². The van der Waals surface area contributed by atoms with Gasteiger partial charge in [-0.15, -0.1) is 0 Å². The molecule has 0 saturated heterocycles. The van der Waals surface area contributed by atoms with E-state index in [0.717, 1.165) is 16.7 Å². The highest BCUT2D eigenvalue weighted by molar-refractivity contribution is 6.19. The lowest BCUT2D eigenvalue weighted by Crippen LogP contribution is -2.43. The quantitative estimate of drug-likeness (QED) is 0.793. The Hall–Kier alpha value is -2.74. The predicted molar refractivity (Wildman–Crippen MR) is 92.9 cm³/mol. The average Bonchev–Trinajstić information content (AvgIpc) is 2.57. The molecule has 3 rings (SSSR count). The van der Waals surface area contributed by atoms with E-state index in [-0.39, 0.29) is 11.6 Å². The first-order valence-corrected chi connectivity index (χ1v) is 7.69. The van der Waals surface area contributed by atoms with Crippen molar-refractivity contribution in [1.29, 1.82) is 0 Å². The number of hydrogen-bond donors (Lipinski definition) is 0. The second-order valence-electron chi connectivity index (χ2n) is 5.76. The number of allylic oxidation sites excluding steroid dienone is 2. The lowest BCUT2D eigenvalue weighted by atomic mass is 9.67. The third-order valence-electron chi connectivity index (χ3n) is 4.39. The first-order valence-electron chi connectivity index (χ1n) is 7.69. The van der Waals surface area contributed by atoms with E-state index in [2.05, 4.69) is 0 Å². The molecule has 1 atom stereocenters. The zero-order valence-corrected chi connectivity index (χ0v) is 13.0. The minimum atomic E-state index is -1.10. The molecule has 0 saturated carbocycles. The summed E-state index contributed by atoms with van der Waals surface area (Å²) < 4.78 is 0. The van der Waals surface area contributed by atoms with Crippen molar-refractivity contribution in [1.82, 2.24) is 0 Å². The number of hydrogen-bond acceptors (Lipinski definition) is 2. The normalized spacial score (nSPS) is 19.8. The maximum Gasteiger partial charge on any atom is 0.173 e. The zero-order valence-electron chi connectivity index (χ0n) is 13.0. The van der Waals surface area contributed by atoms with Crippen LogP contribution in [0.1, 0.15) is 30.0 Å². The summed E-state index contributed by atoms with van der Waals surface area (Å²) in [6.07, 6.45) is 7.57. The molecule has 0 aromatic heterocycles. The van der Waals surface area contributed by atoms with Crippen molar-refractivity contribution in [2.24, 2.45) is 0 Å². The largest absolute Gasteiger partial charge is 0.298 e. The third kappa shape index (κ3) is 2.68. The molecule has 2 nitrogen and oxygen atoms in total. The van der Waals surface area contributed by atoms with Crippen LogP contribution < -0.4 is 0 Å². The number of carbonyl (C=O) groups is 2. The van der Waals surface area contributed by atoms with Crippen LogP contribution in [-0.4, -0.2) is 11.6 Å². The van der Waals surface area contributed by atoms with Gasteiger partial charge in [0.1, 0.15) is 11.2 Å². The maximum absolute atomic E-state index is 12.6. The minimum absolute atomic E-state index is 0.114. The minimum Gasteiger partial charge on any atom is -0.298 e. The Morgan fingerprint density at radius 3 is 2.43 bits per heavy atom. The monoisotopic (exact) mass is 302 g/mol. The summed E-state index contributed by atoms with van der Waals surface area (Å²) in [5.41, 5.74) is 1.70. The van der Waals surface area contributed by atoms with Crippen LogP contribution in [0.3, 0.4) is 0 Å². The number of rotatable bonds is 4. The van der Waals surface area contributed by atoms with Crippen molar-refractivity contribution >= 4 is 23.7 Å². The molecule has 0 radical (unpaired) electrons. The highest BCUT2D eigenvalue weighted by atomic mass is 16.2. The number of benzene rings is 2. The van der Waals surface area contributed by atoms with Crippen LogP contribution in [0.15, 0.2) is 66.7 Å². The molecule has 0 amide bonds. The molecule has 114 valence electrons. The van der Waals surface area contributed by atoms with Gasteiger partial charge in [0.15, 0.2) is 5.78 Å². The summed E-state index contributed by atoms with van der Waals surface area (Å²) in [4.78, 5) is 25.1. The summed E-state index contributed by atoms with van der Waals surface area (Å²) in [6, 6.07) is 17.5. The molecule has 0 N–H and O–H groups in total. The number of ketones is 2. The van der Waals surface area contributed by atoms with Crippen molar-refractivity contribution in [3.8, 4) is 0 Å². The Morgan fingerprint density at radius 2 is 1.70 bits per heavy atom. The van der Waals surface area contributed by atoms with Crippen molar-refractivity contribution < 1.29 is 9.59 Å². The van der Waals surface area contributed by atoms with Crippen LogP contribution >= 0.6 is 0 Å². The van der Waals surface area contributed by atoms with Crippen LogP contribution in [0.5, 0.6) is 0 Å². The molecule has 2 aromatic carbocycles. The van der Waals surface area contributed by atoms with E-state index in [1.54, 1.807) is 6.08 Å². The zero-order chi connectivity index (χ0) is 16.3. The summed E-state index contributed by atoms with van der Waals surface area (Å²) in [5.74, 6) is -0.251. The van der Waals surface area contributed by atoms with E-state index in [1.165, 1.54) is 13.0 Å². The van der Waals surface area contributed by atoms with E-state index in [4.69, 9.17) is 0 Å². The van der Waals surface area contributed by atoms with Gasteiger partial charge in [-0.05, 0) is 36.1 Å². The van der Waals surface area contributed by atoms with Gasteiger partial charge in [-0.25, -0.2) is 0 Å². The SMILES string of the molecule is CC(=O)C1(C/C=C/c2ccccc2)C(=O)C=Cc2ccccc21. The molecule has 0 heterocycles. The summed E-state index contributed by atoms with van der Waals surface area (Å²) in [5, 5.41) is 0. The van der Waals surface area contributed by atoms with E-state index in [0.29, 0.717) is 6.42 Å². The van der Waals surface area contributed by atoms with E-state index < -0.39 is 5.41 Å². The third-order valence-corrected chi connectivity index (χ3v) is 4.39. The van der Waals surface area contributed by atoms with Crippen LogP contribution in [0.4, 0.5) is 0 Å². The van der Waals surface area contributed by atoms with Crippen LogP contribution in [0, 0.1) is 0 Å². The van der Waals surface area contributed by atoms with E-state index in [9.17, 15) is 9.59 Å². The van der Waals surface area contributed by atoms with Gasteiger partial charge in [-0.2, -0.15) is 0 Å². The Balaban J connectivity index is 2.00. The number of carbonyl (C=O) groups excluding carboxylic acids is 2. The highest BCUT2D eigenvalue weighted by Crippen LogP contribution is 2.37. The van der Waals surface area contributed by atoms with Crippen molar-refractivity contribution in [3.05, 3.63) is 83.4 Å². The van der Waals surface area contributed by atoms with Gasteiger partial charge in [0.05, 0.1) is 0 Å². The molecule has 1 aliphatic rings. The topological polar surface area (TPSA) is 34.1 Å². The fraction of sp³-hybridized carbons (Fsp3) is 0.143. The Bertz CT molecular complexity index is 800. The molecule has 0 aliphatic heterocycles. The number of fused-ring (bicyclic) bond motifs is 1. The van der Waals surface area contributed by atoms with Crippen molar-refractivity contribution in [3.63, 3.8) is 0 Å². The van der Waals surface area contributed by atoms with Crippen molar-refractivity contribution in [2.75, 3.05) is 0 Å². The van der Waals surface area contributed by atoms with Crippen LogP contribution in [-0.2, 0) is 15.0 Å². The van der Waals surface area contributed by atoms with Gasteiger partial charge in [-0.3, -0.25) is 9.59 Å². The molecule has 2 aromatic rings. The molecular weight excluding hydrogens is 284 g/mol. The first-order chi connectivity index (χ1) is 11.1. The molecular formula is C21H18O2. The van der Waals surface area contributed by atoms with Gasteiger partial charge >= 0.3 is 0 Å². The average molecular weight is 302 g/mol. The second kappa shape index (κ2) is 6.17. The molecule has 23 heavy (non-hydrogen) atoms.